The highest BCUT2D eigenvalue weighted by Gasteiger charge is 2.21. The largest absolute Gasteiger partial charge is 0.477 e. The van der Waals surface area contributed by atoms with Gasteiger partial charge in [-0.1, -0.05) is 30.3 Å². The van der Waals surface area contributed by atoms with E-state index in [4.69, 9.17) is 5.11 Å². The van der Waals surface area contributed by atoms with Crippen molar-refractivity contribution in [3.05, 3.63) is 59.4 Å². The number of H-pyrrole nitrogens is 1. The van der Waals surface area contributed by atoms with E-state index >= 15 is 0 Å². The van der Waals surface area contributed by atoms with Crippen LogP contribution in [0.2, 0.25) is 0 Å². The fourth-order valence-electron chi connectivity index (χ4n) is 2.07. The Morgan fingerprint density at radius 2 is 1.92 bits per heavy atom. The van der Waals surface area contributed by atoms with Gasteiger partial charge in [0.15, 0.2) is 5.82 Å². The molecule has 9 heteroatoms. The average Bonchev–Trinajstić information content (AvgIpc) is 3.15. The first-order valence-corrected chi connectivity index (χ1v) is 8.96. The summed E-state index contributed by atoms with van der Waals surface area (Å²) in [4.78, 5) is 13.1. The number of hydrogen-bond acceptors (Lipinski definition) is 4. The molecule has 3 rings (SSSR count). The molecule has 2 heterocycles. The maximum absolute atomic E-state index is 13.5. The summed E-state index contributed by atoms with van der Waals surface area (Å²) in [6.45, 7) is 0. The van der Waals surface area contributed by atoms with Crippen molar-refractivity contribution in [3.63, 3.8) is 0 Å². The first-order chi connectivity index (χ1) is 11.4. The Morgan fingerprint density at radius 1 is 1.21 bits per heavy atom. The predicted octanol–water partition coefficient (Wildman–Crippen LogP) is 3.38. The number of aromatic carboxylic acids is 1. The summed E-state index contributed by atoms with van der Waals surface area (Å²) in [6, 6.07) is 11.4. The molecule has 0 saturated carbocycles. The van der Waals surface area contributed by atoms with E-state index in [0.717, 1.165) is 11.6 Å². The number of nitrogens with one attached hydrogen (secondary N) is 2. The zero-order chi connectivity index (χ0) is 17.3. The molecule has 0 fully saturated rings. The maximum Gasteiger partial charge on any atom is 0.348 e. The molecule has 0 aliphatic rings. The van der Waals surface area contributed by atoms with Crippen molar-refractivity contribution in [1.29, 1.82) is 0 Å². The van der Waals surface area contributed by atoms with E-state index in [1.54, 1.807) is 0 Å². The molecule has 0 bridgehead atoms. The normalized spacial score (nSPS) is 11.4. The molecule has 0 unspecified atom stereocenters. The molecule has 0 amide bonds. The van der Waals surface area contributed by atoms with Crippen LogP contribution < -0.4 is 4.72 Å². The topological polar surface area (TPSA) is 99.3 Å². The Morgan fingerprint density at radius 3 is 2.54 bits per heavy atom. The highest BCUT2D eigenvalue weighted by Crippen LogP contribution is 2.29. The molecule has 24 heavy (non-hydrogen) atoms. The number of sulfonamides is 1. The number of halogens is 1. The second kappa shape index (κ2) is 6.10. The lowest BCUT2D eigenvalue weighted by molar-refractivity contribution is 0.0697. The summed E-state index contributed by atoms with van der Waals surface area (Å²) in [5.41, 5.74) is 1.42. The van der Waals surface area contributed by atoms with Gasteiger partial charge >= 0.3 is 5.97 Å². The Hall–Kier alpha value is -2.65. The highest BCUT2D eigenvalue weighted by molar-refractivity contribution is 7.93. The van der Waals surface area contributed by atoms with Gasteiger partial charge in [-0.2, -0.15) is 0 Å². The molecule has 3 aromatic rings. The third-order valence-electron chi connectivity index (χ3n) is 3.17. The quantitative estimate of drug-likeness (QED) is 0.644. The number of thiophene rings is 1. The van der Waals surface area contributed by atoms with E-state index in [1.165, 1.54) is 12.3 Å². The van der Waals surface area contributed by atoms with Crippen LogP contribution in [0.25, 0.3) is 11.3 Å². The van der Waals surface area contributed by atoms with Crippen molar-refractivity contribution in [2.24, 2.45) is 0 Å². The number of carboxylic acid groups (broad SMARTS) is 1. The van der Waals surface area contributed by atoms with E-state index < -0.39 is 26.7 Å². The number of carboxylic acids is 1. The second-order valence-electron chi connectivity index (χ2n) is 4.81. The van der Waals surface area contributed by atoms with Gasteiger partial charge in [0.05, 0.1) is 0 Å². The van der Waals surface area contributed by atoms with E-state index in [9.17, 15) is 17.6 Å². The van der Waals surface area contributed by atoms with Gasteiger partial charge in [-0.3, -0.25) is 4.72 Å². The van der Waals surface area contributed by atoms with Gasteiger partial charge in [0.25, 0.3) is 10.0 Å². The van der Waals surface area contributed by atoms with Gasteiger partial charge < -0.3 is 10.1 Å². The summed E-state index contributed by atoms with van der Waals surface area (Å²) in [7, 11) is -3.96. The van der Waals surface area contributed by atoms with Crippen LogP contribution in [0.5, 0.6) is 0 Å². The molecule has 3 N–H and O–H groups in total. The van der Waals surface area contributed by atoms with Crippen molar-refractivity contribution in [3.8, 4) is 11.3 Å². The van der Waals surface area contributed by atoms with Crippen molar-refractivity contribution in [1.82, 2.24) is 4.98 Å². The lowest BCUT2D eigenvalue weighted by Crippen LogP contribution is -2.11. The standard InChI is InChI=1S/C15H11FN2O4S2/c16-11-7-13(23-14(11)15(19)20)18-24(21,22)10-6-12(17-8-10)9-4-2-1-3-5-9/h1-8,17-18H,(H,19,20). The van der Waals surface area contributed by atoms with Gasteiger partial charge in [-0.05, 0) is 11.6 Å². The van der Waals surface area contributed by atoms with Crippen molar-refractivity contribution >= 4 is 32.3 Å². The van der Waals surface area contributed by atoms with Gasteiger partial charge in [0, 0.05) is 18.0 Å². The molecular weight excluding hydrogens is 355 g/mol. The first-order valence-electron chi connectivity index (χ1n) is 6.66. The van der Waals surface area contributed by atoms with Crippen LogP contribution in [0.1, 0.15) is 9.67 Å². The lowest BCUT2D eigenvalue weighted by atomic mass is 10.2. The van der Waals surface area contributed by atoms with Crippen molar-refractivity contribution < 1.29 is 22.7 Å². The number of carbonyl (C=O) groups is 1. The Kier molecular flexibility index (Phi) is 4.12. The number of benzene rings is 1. The Bertz CT molecular complexity index is 994. The van der Waals surface area contributed by atoms with E-state index in [0.29, 0.717) is 17.0 Å². The number of rotatable bonds is 5. The highest BCUT2D eigenvalue weighted by atomic mass is 32.2. The van der Waals surface area contributed by atoms with Crippen LogP contribution >= 0.6 is 11.3 Å². The molecular formula is C15H11FN2O4S2. The smallest absolute Gasteiger partial charge is 0.348 e. The van der Waals surface area contributed by atoms with Gasteiger partial charge in [-0.15, -0.1) is 11.3 Å². The van der Waals surface area contributed by atoms with Gasteiger partial charge in [-0.25, -0.2) is 17.6 Å². The molecule has 124 valence electrons. The van der Waals surface area contributed by atoms with Crippen LogP contribution in [0.15, 0.2) is 53.6 Å². The fraction of sp³-hybridized carbons (Fsp3) is 0. The SMILES string of the molecule is O=C(O)c1sc(NS(=O)(=O)c2c[nH]c(-c3ccccc3)c2)cc1F. The molecule has 0 spiro atoms. The minimum atomic E-state index is -3.96. The van der Waals surface area contributed by atoms with E-state index in [-0.39, 0.29) is 9.90 Å². The zero-order valence-electron chi connectivity index (χ0n) is 12.0. The Balaban J connectivity index is 1.88. The summed E-state index contributed by atoms with van der Waals surface area (Å²) in [5.74, 6) is -2.43. The van der Waals surface area contributed by atoms with Crippen LogP contribution in [0, 0.1) is 5.82 Å². The average molecular weight is 366 g/mol. The molecule has 0 aliphatic carbocycles. The summed E-state index contributed by atoms with van der Waals surface area (Å²) in [5, 5.41) is 8.71. The molecule has 0 radical (unpaired) electrons. The molecule has 1 aromatic carbocycles. The second-order valence-corrected chi connectivity index (χ2v) is 7.55. The van der Waals surface area contributed by atoms with Crippen molar-refractivity contribution in [2.75, 3.05) is 4.72 Å². The zero-order valence-corrected chi connectivity index (χ0v) is 13.6. The molecule has 0 atom stereocenters. The summed E-state index contributed by atoms with van der Waals surface area (Å²) >= 11 is 0.517. The third-order valence-corrected chi connectivity index (χ3v) is 5.66. The van der Waals surface area contributed by atoms with Gasteiger partial charge in [0.2, 0.25) is 0 Å². The monoisotopic (exact) mass is 366 g/mol. The third kappa shape index (κ3) is 3.17. The van der Waals surface area contributed by atoms with Crippen LogP contribution in [0.3, 0.4) is 0 Å². The fourth-order valence-corrected chi connectivity index (χ4v) is 4.12. The van der Waals surface area contributed by atoms with E-state index in [2.05, 4.69) is 9.71 Å². The number of anilines is 1. The maximum atomic E-state index is 13.5. The molecule has 0 aliphatic heterocycles. The van der Waals surface area contributed by atoms with Crippen molar-refractivity contribution in [2.45, 2.75) is 4.90 Å². The summed E-state index contributed by atoms with van der Waals surface area (Å²) < 4.78 is 40.3. The van der Waals surface area contributed by atoms with E-state index in [1.807, 2.05) is 30.3 Å². The number of aromatic amines is 1. The molecule has 6 nitrogen and oxygen atoms in total. The van der Waals surface area contributed by atoms with Gasteiger partial charge in [0.1, 0.15) is 14.8 Å². The number of hydrogen-bond donors (Lipinski definition) is 3. The lowest BCUT2D eigenvalue weighted by Gasteiger charge is -2.02. The minimum absolute atomic E-state index is 0.0352. The Labute approximate surface area is 140 Å². The predicted molar refractivity (Wildman–Crippen MR) is 88.3 cm³/mol. The van der Waals surface area contributed by atoms with Crippen LogP contribution in [-0.4, -0.2) is 24.5 Å². The minimum Gasteiger partial charge on any atom is -0.477 e. The summed E-state index contributed by atoms with van der Waals surface area (Å²) in [6.07, 6.45) is 1.31. The number of aromatic nitrogens is 1. The van der Waals surface area contributed by atoms with Crippen LogP contribution in [0.4, 0.5) is 9.39 Å². The molecule has 2 aromatic heterocycles. The first kappa shape index (κ1) is 16.2. The van der Waals surface area contributed by atoms with Crippen LogP contribution in [-0.2, 0) is 10.0 Å². The molecule has 0 saturated heterocycles.